The van der Waals surface area contributed by atoms with Crippen LogP contribution in [0.5, 0.6) is 0 Å². The molecule has 1 amide bonds. The van der Waals surface area contributed by atoms with E-state index in [1.54, 1.807) is 0 Å². The fourth-order valence-corrected chi connectivity index (χ4v) is 3.20. The molecule has 1 saturated carbocycles. The molecule has 1 aromatic rings. The van der Waals surface area contributed by atoms with E-state index in [-0.39, 0.29) is 43.0 Å². The fourth-order valence-electron chi connectivity index (χ4n) is 3.20. The lowest BCUT2D eigenvalue weighted by atomic mass is 10.1. The zero-order valence-electron chi connectivity index (χ0n) is 14.8. The van der Waals surface area contributed by atoms with Gasteiger partial charge in [0.25, 0.3) is 5.56 Å². The van der Waals surface area contributed by atoms with Crippen molar-refractivity contribution in [2.75, 3.05) is 17.7 Å². The molecule has 1 aromatic heterocycles. The molecule has 0 radical (unpaired) electrons. The molecule has 0 spiro atoms. The van der Waals surface area contributed by atoms with E-state index in [1.165, 1.54) is 4.57 Å². The van der Waals surface area contributed by atoms with Crippen molar-refractivity contribution in [2.45, 2.75) is 65.0 Å². The number of amides is 1. The monoisotopic (exact) mass is 352 g/mol. The van der Waals surface area contributed by atoms with Gasteiger partial charge in [-0.3, -0.25) is 18.7 Å². The number of aliphatic hydroxyl groups excluding tert-OH is 1. The van der Waals surface area contributed by atoms with Gasteiger partial charge >= 0.3 is 5.69 Å². The first-order valence-corrected chi connectivity index (χ1v) is 9.06. The van der Waals surface area contributed by atoms with Crippen LogP contribution < -0.4 is 22.3 Å². The van der Waals surface area contributed by atoms with Crippen LogP contribution in [-0.4, -0.2) is 26.8 Å². The predicted octanol–water partition coefficient (Wildman–Crippen LogP) is 0.903. The lowest BCUT2D eigenvalue weighted by Gasteiger charge is -2.18. The molecule has 8 heteroatoms. The van der Waals surface area contributed by atoms with Gasteiger partial charge in [0.05, 0.1) is 0 Å². The third-order valence-corrected chi connectivity index (χ3v) is 4.72. The molecule has 1 aliphatic rings. The van der Waals surface area contributed by atoms with Crippen molar-refractivity contribution in [1.82, 2.24) is 9.13 Å². The average molecular weight is 352 g/mol. The second-order valence-electron chi connectivity index (χ2n) is 6.55. The van der Waals surface area contributed by atoms with Gasteiger partial charge in [-0.05, 0) is 25.7 Å². The molecule has 0 unspecified atom stereocenters. The van der Waals surface area contributed by atoms with Crippen molar-refractivity contribution in [3.8, 4) is 0 Å². The van der Waals surface area contributed by atoms with E-state index < -0.39 is 11.2 Å². The first-order chi connectivity index (χ1) is 12.0. The highest BCUT2D eigenvalue weighted by Crippen LogP contribution is 2.26. The summed E-state index contributed by atoms with van der Waals surface area (Å²) in [6.07, 6.45) is 5.46. The van der Waals surface area contributed by atoms with Crippen molar-refractivity contribution in [1.29, 1.82) is 0 Å². The van der Waals surface area contributed by atoms with Crippen LogP contribution in [-0.2, 0) is 17.9 Å². The van der Waals surface area contributed by atoms with E-state index in [9.17, 15) is 14.4 Å². The number of aromatic nitrogens is 2. The van der Waals surface area contributed by atoms with E-state index in [0.29, 0.717) is 12.8 Å². The van der Waals surface area contributed by atoms with Crippen molar-refractivity contribution >= 4 is 17.4 Å². The average Bonchev–Trinajstić information content (AvgIpc) is 3.13. The SMILES string of the molecule is CCCCn1c(=O)c(NC(=O)C2CCCC2)c(N)n(CCCO)c1=O. The minimum Gasteiger partial charge on any atom is -0.396 e. The molecule has 4 N–H and O–H groups in total. The largest absolute Gasteiger partial charge is 0.396 e. The molecule has 0 aliphatic heterocycles. The van der Waals surface area contributed by atoms with Crippen LogP contribution in [0.15, 0.2) is 9.59 Å². The lowest BCUT2D eigenvalue weighted by Crippen LogP contribution is -2.43. The zero-order valence-corrected chi connectivity index (χ0v) is 14.8. The number of aliphatic hydroxyl groups is 1. The molecular formula is C17H28N4O4. The molecule has 0 aromatic carbocycles. The van der Waals surface area contributed by atoms with Gasteiger partial charge in [0.2, 0.25) is 5.91 Å². The minimum atomic E-state index is -0.553. The Morgan fingerprint density at radius 2 is 1.84 bits per heavy atom. The second-order valence-corrected chi connectivity index (χ2v) is 6.55. The third kappa shape index (κ3) is 4.31. The van der Waals surface area contributed by atoms with Crippen LogP contribution >= 0.6 is 0 Å². The van der Waals surface area contributed by atoms with Gasteiger partial charge in [-0.1, -0.05) is 26.2 Å². The molecule has 2 rings (SSSR count). The molecule has 140 valence electrons. The van der Waals surface area contributed by atoms with E-state index in [0.717, 1.165) is 36.7 Å². The van der Waals surface area contributed by atoms with E-state index in [2.05, 4.69) is 5.32 Å². The van der Waals surface area contributed by atoms with Crippen molar-refractivity contribution in [2.24, 2.45) is 5.92 Å². The number of carbonyl (C=O) groups is 1. The standard InChI is InChI=1S/C17H28N4O4/c1-2-3-9-21-16(24)13(19-15(23)12-7-4-5-8-12)14(18)20(17(21)25)10-6-11-22/h12,22H,2-11,18H2,1H3,(H,19,23). The molecule has 0 saturated heterocycles. The summed E-state index contributed by atoms with van der Waals surface area (Å²) < 4.78 is 2.39. The van der Waals surface area contributed by atoms with Gasteiger partial charge < -0.3 is 16.2 Å². The number of nitrogens with one attached hydrogen (secondary N) is 1. The van der Waals surface area contributed by atoms with Gasteiger partial charge in [-0.2, -0.15) is 0 Å². The molecule has 1 aliphatic carbocycles. The maximum absolute atomic E-state index is 12.7. The van der Waals surface area contributed by atoms with Gasteiger partial charge in [-0.25, -0.2) is 4.79 Å². The quantitative estimate of drug-likeness (QED) is 0.642. The lowest BCUT2D eigenvalue weighted by molar-refractivity contribution is -0.119. The van der Waals surface area contributed by atoms with Gasteiger partial charge in [0.1, 0.15) is 11.5 Å². The molecule has 0 bridgehead atoms. The number of hydrogen-bond acceptors (Lipinski definition) is 5. The van der Waals surface area contributed by atoms with Crippen LogP contribution in [0.4, 0.5) is 11.5 Å². The van der Waals surface area contributed by atoms with Crippen LogP contribution in [0.2, 0.25) is 0 Å². The maximum Gasteiger partial charge on any atom is 0.332 e. The van der Waals surface area contributed by atoms with E-state index in [1.807, 2.05) is 6.92 Å². The summed E-state index contributed by atoms with van der Waals surface area (Å²) in [6.45, 7) is 2.35. The molecule has 1 fully saturated rings. The molecule has 8 nitrogen and oxygen atoms in total. The Labute approximate surface area is 146 Å². The Hall–Kier alpha value is -2.09. The van der Waals surface area contributed by atoms with E-state index in [4.69, 9.17) is 10.8 Å². The highest BCUT2D eigenvalue weighted by Gasteiger charge is 2.25. The number of rotatable bonds is 8. The molecule has 25 heavy (non-hydrogen) atoms. The number of anilines is 2. The Bertz CT molecular complexity index is 717. The highest BCUT2D eigenvalue weighted by atomic mass is 16.3. The number of hydrogen-bond donors (Lipinski definition) is 3. The number of unbranched alkanes of at least 4 members (excludes halogenated alkanes) is 1. The van der Waals surface area contributed by atoms with Gasteiger partial charge in [0.15, 0.2) is 0 Å². The molecular weight excluding hydrogens is 324 g/mol. The van der Waals surface area contributed by atoms with Crippen LogP contribution in [0.3, 0.4) is 0 Å². The Morgan fingerprint density at radius 3 is 2.44 bits per heavy atom. The highest BCUT2D eigenvalue weighted by molar-refractivity contribution is 5.94. The zero-order chi connectivity index (χ0) is 18.4. The summed E-state index contributed by atoms with van der Waals surface area (Å²) in [5, 5.41) is 11.7. The smallest absolute Gasteiger partial charge is 0.332 e. The summed E-state index contributed by atoms with van der Waals surface area (Å²) in [6, 6.07) is 0. The first-order valence-electron chi connectivity index (χ1n) is 9.06. The Balaban J connectivity index is 2.43. The molecule has 1 heterocycles. The van der Waals surface area contributed by atoms with Crippen molar-refractivity contribution in [3.63, 3.8) is 0 Å². The van der Waals surface area contributed by atoms with Crippen LogP contribution in [0.25, 0.3) is 0 Å². The normalized spacial score (nSPS) is 14.8. The number of carbonyl (C=O) groups excluding carboxylic acids is 1. The van der Waals surface area contributed by atoms with Gasteiger partial charge in [0, 0.05) is 25.6 Å². The summed E-state index contributed by atoms with van der Waals surface area (Å²) in [5.41, 5.74) is 4.95. The maximum atomic E-state index is 12.7. The first kappa shape index (κ1) is 19.2. The second kappa shape index (κ2) is 8.84. The number of nitrogens with zero attached hydrogens (tertiary/aromatic N) is 2. The summed E-state index contributed by atoms with van der Waals surface area (Å²) >= 11 is 0. The number of nitrogen functional groups attached to an aromatic ring is 1. The Kier molecular flexibility index (Phi) is 6.81. The van der Waals surface area contributed by atoms with E-state index >= 15 is 0 Å². The molecule has 0 atom stereocenters. The third-order valence-electron chi connectivity index (χ3n) is 4.72. The summed E-state index contributed by atoms with van der Waals surface area (Å²) in [4.78, 5) is 37.7. The predicted molar refractivity (Wildman–Crippen MR) is 96.6 cm³/mol. The van der Waals surface area contributed by atoms with Crippen molar-refractivity contribution < 1.29 is 9.90 Å². The summed E-state index contributed by atoms with van der Waals surface area (Å²) in [7, 11) is 0. The summed E-state index contributed by atoms with van der Waals surface area (Å²) in [5.74, 6) is -0.362. The van der Waals surface area contributed by atoms with Crippen molar-refractivity contribution in [3.05, 3.63) is 20.8 Å². The fraction of sp³-hybridized carbons (Fsp3) is 0.706. The minimum absolute atomic E-state index is 0.0226. The number of nitrogens with two attached hydrogens (primary N) is 1. The van der Waals surface area contributed by atoms with Gasteiger partial charge in [-0.15, -0.1) is 0 Å². The topological polar surface area (TPSA) is 119 Å². The van der Waals surface area contributed by atoms with Crippen LogP contribution in [0.1, 0.15) is 51.9 Å². The Morgan fingerprint density at radius 1 is 1.20 bits per heavy atom. The van der Waals surface area contributed by atoms with Crippen LogP contribution in [0, 0.1) is 5.92 Å².